The van der Waals surface area contributed by atoms with E-state index in [2.05, 4.69) is 5.32 Å². The smallest absolute Gasteiger partial charge is 0.336 e. The Bertz CT molecular complexity index is 1090. The molecule has 0 saturated carbocycles. The molecule has 4 rings (SSSR count). The lowest BCUT2D eigenvalue weighted by Crippen LogP contribution is -2.39. The number of amides is 1. The number of carbonyl (C=O) groups is 1. The lowest BCUT2D eigenvalue weighted by atomic mass is 10.0. The van der Waals surface area contributed by atoms with Crippen LogP contribution < -0.4 is 15.8 Å². The van der Waals surface area contributed by atoms with Crippen molar-refractivity contribution >= 4 is 28.3 Å². The number of phenols is 1. The van der Waals surface area contributed by atoms with Crippen molar-refractivity contribution in [2.24, 2.45) is 0 Å². The van der Waals surface area contributed by atoms with Crippen LogP contribution in [0.4, 0.5) is 11.4 Å². The molecule has 1 aromatic heterocycles. The minimum atomic E-state index is -0.522. The quantitative estimate of drug-likeness (QED) is 0.695. The van der Waals surface area contributed by atoms with Gasteiger partial charge in [-0.2, -0.15) is 0 Å². The second-order valence-electron chi connectivity index (χ2n) is 6.58. The summed E-state index contributed by atoms with van der Waals surface area (Å²) >= 11 is 0. The third kappa shape index (κ3) is 2.93. The van der Waals surface area contributed by atoms with Crippen molar-refractivity contribution in [3.05, 3.63) is 64.0 Å². The first kappa shape index (κ1) is 17.1. The molecule has 0 spiro atoms. The highest BCUT2D eigenvalue weighted by Gasteiger charge is 2.28. The molecule has 1 amide bonds. The molecule has 0 bridgehead atoms. The summed E-state index contributed by atoms with van der Waals surface area (Å²) in [5.74, 6) is -0.579. The second kappa shape index (κ2) is 6.79. The van der Waals surface area contributed by atoms with Gasteiger partial charge in [-0.25, -0.2) is 4.79 Å². The van der Waals surface area contributed by atoms with E-state index in [0.717, 1.165) is 23.4 Å². The van der Waals surface area contributed by atoms with E-state index in [9.17, 15) is 14.7 Å². The first-order valence-corrected chi connectivity index (χ1v) is 9.03. The van der Waals surface area contributed by atoms with Crippen LogP contribution >= 0.6 is 0 Å². The number of hydrogen-bond donors (Lipinski definition) is 2. The number of carbonyl (C=O) groups excluding carboxylic acids is 1. The minimum Gasteiger partial charge on any atom is -0.507 e. The number of anilines is 2. The molecule has 2 heterocycles. The monoisotopic (exact) mass is 364 g/mol. The van der Waals surface area contributed by atoms with Gasteiger partial charge in [-0.05, 0) is 36.2 Å². The molecule has 0 fully saturated rings. The SMILES string of the molecule is CCCc1cc(=O)oc2c(C(=O)N3CCNc4ccccc43)c(O)ccc12. The molecule has 6 heteroatoms. The summed E-state index contributed by atoms with van der Waals surface area (Å²) in [5.41, 5.74) is 2.05. The predicted molar refractivity (Wildman–Crippen MR) is 105 cm³/mol. The van der Waals surface area contributed by atoms with E-state index >= 15 is 0 Å². The van der Waals surface area contributed by atoms with E-state index in [0.29, 0.717) is 24.9 Å². The number of nitrogens with zero attached hydrogens (tertiary/aromatic N) is 1. The number of aryl methyl sites for hydroxylation is 1. The molecular weight excluding hydrogens is 344 g/mol. The van der Waals surface area contributed by atoms with Crippen LogP contribution in [0, 0.1) is 0 Å². The Morgan fingerprint density at radius 3 is 2.89 bits per heavy atom. The normalized spacial score (nSPS) is 13.3. The van der Waals surface area contributed by atoms with Gasteiger partial charge >= 0.3 is 5.63 Å². The molecule has 3 aromatic rings. The predicted octanol–water partition coefficient (Wildman–Crippen LogP) is 3.52. The van der Waals surface area contributed by atoms with Gasteiger partial charge in [-0.15, -0.1) is 0 Å². The molecule has 27 heavy (non-hydrogen) atoms. The van der Waals surface area contributed by atoms with E-state index in [4.69, 9.17) is 4.42 Å². The van der Waals surface area contributed by atoms with E-state index in [1.807, 2.05) is 31.2 Å². The zero-order valence-corrected chi connectivity index (χ0v) is 15.0. The highest BCUT2D eigenvalue weighted by atomic mass is 16.4. The Balaban J connectivity index is 1.90. The largest absolute Gasteiger partial charge is 0.507 e. The number of nitrogens with one attached hydrogen (secondary N) is 1. The van der Waals surface area contributed by atoms with Gasteiger partial charge in [0.05, 0.1) is 11.4 Å². The summed E-state index contributed by atoms with van der Waals surface area (Å²) in [5, 5.41) is 14.4. The molecule has 0 unspecified atom stereocenters. The summed E-state index contributed by atoms with van der Waals surface area (Å²) in [7, 11) is 0. The topological polar surface area (TPSA) is 82.8 Å². The fourth-order valence-corrected chi connectivity index (χ4v) is 3.59. The lowest BCUT2D eigenvalue weighted by molar-refractivity contribution is 0.0985. The maximum absolute atomic E-state index is 13.4. The van der Waals surface area contributed by atoms with E-state index in [1.54, 1.807) is 11.0 Å². The Morgan fingerprint density at radius 1 is 1.26 bits per heavy atom. The van der Waals surface area contributed by atoms with Gasteiger partial charge in [0.2, 0.25) is 0 Å². The molecule has 2 aromatic carbocycles. The number of rotatable bonds is 3. The van der Waals surface area contributed by atoms with E-state index in [-0.39, 0.29) is 22.8 Å². The van der Waals surface area contributed by atoms with Crippen LogP contribution in [0.1, 0.15) is 29.3 Å². The molecule has 138 valence electrons. The van der Waals surface area contributed by atoms with Gasteiger partial charge in [0.15, 0.2) is 5.58 Å². The molecular formula is C21H20N2O4. The van der Waals surface area contributed by atoms with Gasteiger partial charge in [0, 0.05) is 24.5 Å². The maximum atomic E-state index is 13.4. The maximum Gasteiger partial charge on any atom is 0.336 e. The number of hydrogen-bond acceptors (Lipinski definition) is 5. The molecule has 0 atom stereocenters. The average Bonchev–Trinajstić information content (AvgIpc) is 2.67. The van der Waals surface area contributed by atoms with Gasteiger partial charge < -0.3 is 19.7 Å². The Kier molecular flexibility index (Phi) is 4.32. The van der Waals surface area contributed by atoms with E-state index in [1.165, 1.54) is 12.1 Å². The van der Waals surface area contributed by atoms with Crippen LogP contribution in [0.3, 0.4) is 0 Å². The third-order valence-corrected chi connectivity index (χ3v) is 4.80. The summed E-state index contributed by atoms with van der Waals surface area (Å²) in [6.45, 7) is 3.06. The minimum absolute atomic E-state index is 0.0271. The zero-order valence-electron chi connectivity index (χ0n) is 15.0. The number of phenolic OH excluding ortho intramolecular Hbond substituents is 1. The molecule has 1 aliphatic heterocycles. The molecule has 0 radical (unpaired) electrons. The Morgan fingerprint density at radius 2 is 2.07 bits per heavy atom. The molecule has 0 aliphatic carbocycles. The highest BCUT2D eigenvalue weighted by Crippen LogP contribution is 2.34. The summed E-state index contributed by atoms with van der Waals surface area (Å²) in [6.07, 6.45) is 1.55. The van der Waals surface area contributed by atoms with Gasteiger partial charge in [-0.3, -0.25) is 4.79 Å². The van der Waals surface area contributed by atoms with Crippen LogP contribution in [0.25, 0.3) is 11.0 Å². The third-order valence-electron chi connectivity index (χ3n) is 4.80. The lowest BCUT2D eigenvalue weighted by Gasteiger charge is -2.30. The van der Waals surface area contributed by atoms with Crippen molar-refractivity contribution in [2.75, 3.05) is 23.3 Å². The fraction of sp³-hybridized carbons (Fsp3) is 0.238. The van der Waals surface area contributed by atoms with Crippen molar-refractivity contribution in [3.8, 4) is 5.75 Å². The molecule has 2 N–H and O–H groups in total. The number of para-hydroxylation sites is 2. The first-order chi connectivity index (χ1) is 13.1. The van der Waals surface area contributed by atoms with Crippen molar-refractivity contribution < 1.29 is 14.3 Å². The fourth-order valence-electron chi connectivity index (χ4n) is 3.59. The van der Waals surface area contributed by atoms with Gasteiger partial charge in [-0.1, -0.05) is 25.5 Å². The summed E-state index contributed by atoms with van der Waals surface area (Å²) < 4.78 is 5.38. The molecule has 6 nitrogen and oxygen atoms in total. The number of benzene rings is 2. The van der Waals surface area contributed by atoms with Gasteiger partial charge in [0.1, 0.15) is 11.3 Å². The Labute approximate surface area is 156 Å². The van der Waals surface area contributed by atoms with Crippen LogP contribution in [-0.4, -0.2) is 24.1 Å². The number of aromatic hydroxyl groups is 1. The molecule has 1 aliphatic rings. The van der Waals surface area contributed by atoms with Crippen molar-refractivity contribution in [3.63, 3.8) is 0 Å². The zero-order chi connectivity index (χ0) is 19.0. The second-order valence-corrected chi connectivity index (χ2v) is 6.58. The summed E-state index contributed by atoms with van der Waals surface area (Å²) in [4.78, 5) is 27.0. The highest BCUT2D eigenvalue weighted by molar-refractivity contribution is 6.16. The standard InChI is InChI=1S/C21H20N2O4/c1-2-5-13-12-18(25)27-20-14(13)8-9-17(24)19(20)21(26)23-11-10-22-15-6-3-4-7-16(15)23/h3-4,6-9,12,22,24H,2,5,10-11H2,1H3. The molecule has 0 saturated heterocycles. The summed E-state index contributed by atoms with van der Waals surface area (Å²) in [6, 6.07) is 12.1. The van der Waals surface area contributed by atoms with Crippen molar-refractivity contribution in [1.82, 2.24) is 0 Å². The van der Waals surface area contributed by atoms with Crippen molar-refractivity contribution in [2.45, 2.75) is 19.8 Å². The van der Waals surface area contributed by atoms with Crippen LogP contribution in [-0.2, 0) is 6.42 Å². The van der Waals surface area contributed by atoms with Crippen molar-refractivity contribution in [1.29, 1.82) is 0 Å². The van der Waals surface area contributed by atoms with Crippen LogP contribution in [0.15, 0.2) is 51.7 Å². The first-order valence-electron chi connectivity index (χ1n) is 9.03. The van der Waals surface area contributed by atoms with E-state index < -0.39 is 5.63 Å². The average molecular weight is 364 g/mol. The van der Waals surface area contributed by atoms with Gasteiger partial charge in [0.25, 0.3) is 5.91 Å². The Hall–Kier alpha value is -3.28. The number of fused-ring (bicyclic) bond motifs is 2. The van der Waals surface area contributed by atoms with Crippen LogP contribution in [0.5, 0.6) is 5.75 Å². The van der Waals surface area contributed by atoms with Crippen LogP contribution in [0.2, 0.25) is 0 Å².